The Labute approximate surface area is 175 Å². The van der Waals surface area contributed by atoms with Gasteiger partial charge in [-0.3, -0.25) is 15.1 Å². The fraction of sp³-hybridized carbons (Fsp3) is 0.375. The number of pyridine rings is 1. The van der Waals surface area contributed by atoms with Crippen LogP contribution in [-0.4, -0.2) is 39.5 Å². The first-order valence-corrected chi connectivity index (χ1v) is 11.7. The second-order valence-corrected chi connectivity index (χ2v) is 8.74. The van der Waals surface area contributed by atoms with Crippen molar-refractivity contribution in [2.45, 2.75) is 11.5 Å². The molecule has 0 saturated heterocycles. The van der Waals surface area contributed by atoms with Crippen molar-refractivity contribution in [3.63, 3.8) is 0 Å². The van der Waals surface area contributed by atoms with E-state index in [9.17, 15) is 10.1 Å². The van der Waals surface area contributed by atoms with E-state index in [1.54, 1.807) is 53.3 Å². The Bertz CT molecular complexity index is 731. The van der Waals surface area contributed by atoms with Crippen LogP contribution in [0.15, 0.2) is 41.9 Å². The average molecular weight is 446 g/mol. The number of halogens is 1. The van der Waals surface area contributed by atoms with Crippen LogP contribution in [0, 0.1) is 10.1 Å². The van der Waals surface area contributed by atoms with E-state index >= 15 is 0 Å². The lowest BCUT2D eigenvalue weighted by atomic mass is 10.4. The lowest BCUT2D eigenvalue weighted by Crippen LogP contribution is -2.30. The van der Waals surface area contributed by atoms with Crippen LogP contribution < -0.4 is 10.6 Å². The summed E-state index contributed by atoms with van der Waals surface area (Å²) in [6.45, 7) is 1.24. The van der Waals surface area contributed by atoms with Crippen LogP contribution in [0.5, 0.6) is 0 Å². The zero-order valence-electron chi connectivity index (χ0n) is 14.5. The molecule has 0 radical (unpaired) electrons. The minimum absolute atomic E-state index is 0.423. The molecule has 2 aromatic rings. The van der Waals surface area contributed by atoms with E-state index in [2.05, 4.69) is 20.6 Å². The van der Waals surface area contributed by atoms with E-state index in [4.69, 9.17) is 11.6 Å². The molecule has 0 fully saturated rings. The fourth-order valence-corrected chi connectivity index (χ4v) is 4.60. The van der Waals surface area contributed by atoms with Gasteiger partial charge in [-0.15, -0.1) is 11.3 Å². The van der Waals surface area contributed by atoms with Crippen molar-refractivity contribution in [1.29, 1.82) is 0 Å². The SMILES string of the molecule is O=[N+]([O-])/C=C(/NCCSCc1nccs1)NCCSCc1ncccc1Cl. The molecule has 0 atom stereocenters. The summed E-state index contributed by atoms with van der Waals surface area (Å²) in [5.41, 5.74) is 0.848. The predicted molar refractivity (Wildman–Crippen MR) is 115 cm³/mol. The summed E-state index contributed by atoms with van der Waals surface area (Å²) >= 11 is 11.1. The van der Waals surface area contributed by atoms with Crippen LogP contribution in [0.4, 0.5) is 0 Å². The van der Waals surface area contributed by atoms with Crippen molar-refractivity contribution >= 4 is 46.5 Å². The minimum atomic E-state index is -0.459. The summed E-state index contributed by atoms with van der Waals surface area (Å²) in [5.74, 6) is 3.60. The molecule has 0 amide bonds. The molecule has 27 heavy (non-hydrogen) atoms. The summed E-state index contributed by atoms with van der Waals surface area (Å²) in [7, 11) is 0. The molecule has 0 aliphatic rings. The molecule has 2 heterocycles. The highest BCUT2D eigenvalue weighted by molar-refractivity contribution is 7.98. The van der Waals surface area contributed by atoms with Crippen LogP contribution in [-0.2, 0) is 11.5 Å². The van der Waals surface area contributed by atoms with E-state index in [-0.39, 0.29) is 0 Å². The molecular formula is C16H20ClN5O2S3. The zero-order valence-corrected chi connectivity index (χ0v) is 17.7. The number of thioether (sulfide) groups is 2. The van der Waals surface area contributed by atoms with Gasteiger partial charge in [0.1, 0.15) is 5.01 Å². The maximum absolute atomic E-state index is 10.8. The summed E-state index contributed by atoms with van der Waals surface area (Å²) in [4.78, 5) is 18.8. The van der Waals surface area contributed by atoms with E-state index < -0.39 is 4.92 Å². The quantitative estimate of drug-likeness (QED) is 0.274. The Hall–Kier alpha value is -1.49. The maximum atomic E-state index is 10.8. The largest absolute Gasteiger partial charge is 0.366 e. The number of nitrogens with one attached hydrogen (secondary N) is 2. The van der Waals surface area contributed by atoms with Crippen LogP contribution in [0.1, 0.15) is 10.7 Å². The number of rotatable bonds is 13. The smallest absolute Gasteiger partial charge is 0.274 e. The molecule has 0 aliphatic carbocycles. The molecule has 0 saturated carbocycles. The number of aromatic nitrogens is 2. The number of hydrogen-bond acceptors (Lipinski definition) is 9. The van der Waals surface area contributed by atoms with Gasteiger partial charge in [-0.1, -0.05) is 11.6 Å². The second-order valence-electron chi connectivity index (χ2n) is 5.14. The second kappa shape index (κ2) is 12.8. The molecule has 0 spiro atoms. The predicted octanol–water partition coefficient (Wildman–Crippen LogP) is 3.61. The third-order valence-corrected chi connectivity index (χ3v) is 6.39. The molecule has 0 aliphatic heterocycles. The highest BCUT2D eigenvalue weighted by Gasteiger charge is 2.04. The van der Waals surface area contributed by atoms with Gasteiger partial charge < -0.3 is 10.6 Å². The molecule has 2 N–H and O–H groups in total. The summed E-state index contributed by atoms with van der Waals surface area (Å²) < 4.78 is 0. The van der Waals surface area contributed by atoms with Crippen LogP contribution in [0.3, 0.4) is 0 Å². The Balaban J connectivity index is 1.62. The maximum Gasteiger partial charge on any atom is 0.274 e. The van der Waals surface area contributed by atoms with Crippen molar-refractivity contribution in [1.82, 2.24) is 20.6 Å². The van der Waals surface area contributed by atoms with Gasteiger partial charge in [-0.05, 0) is 12.1 Å². The summed E-state index contributed by atoms with van der Waals surface area (Å²) in [6.07, 6.45) is 4.47. The van der Waals surface area contributed by atoms with E-state index in [1.165, 1.54) is 0 Å². The van der Waals surface area contributed by atoms with Crippen molar-refractivity contribution in [2.24, 2.45) is 0 Å². The topological polar surface area (TPSA) is 93.0 Å². The lowest BCUT2D eigenvalue weighted by molar-refractivity contribution is -0.404. The van der Waals surface area contributed by atoms with Crippen molar-refractivity contribution < 1.29 is 4.92 Å². The van der Waals surface area contributed by atoms with E-state index in [0.717, 1.165) is 34.2 Å². The van der Waals surface area contributed by atoms with Crippen LogP contribution in [0.25, 0.3) is 0 Å². The lowest BCUT2D eigenvalue weighted by Gasteiger charge is -2.11. The first kappa shape index (κ1) is 21.8. The van der Waals surface area contributed by atoms with Gasteiger partial charge in [0.15, 0.2) is 5.82 Å². The molecule has 0 aromatic carbocycles. The average Bonchev–Trinajstić information content (AvgIpc) is 3.15. The molecule has 146 valence electrons. The Morgan fingerprint density at radius 1 is 1.22 bits per heavy atom. The van der Waals surface area contributed by atoms with Crippen molar-refractivity contribution in [3.8, 4) is 0 Å². The highest BCUT2D eigenvalue weighted by atomic mass is 35.5. The monoisotopic (exact) mass is 445 g/mol. The van der Waals surface area contributed by atoms with Gasteiger partial charge in [0.2, 0.25) is 0 Å². The first-order valence-electron chi connectivity index (χ1n) is 8.11. The van der Waals surface area contributed by atoms with E-state index in [0.29, 0.717) is 29.7 Å². The first-order chi connectivity index (χ1) is 13.1. The van der Waals surface area contributed by atoms with Gasteiger partial charge in [0.05, 0.1) is 15.6 Å². The molecule has 0 unspecified atom stereocenters. The normalized spacial score (nSPS) is 11.4. The molecule has 7 nitrogen and oxygen atoms in total. The van der Waals surface area contributed by atoms with Gasteiger partial charge in [-0.25, -0.2) is 4.98 Å². The fourth-order valence-electron chi connectivity index (χ4n) is 1.95. The molecule has 0 bridgehead atoms. The molecule has 11 heteroatoms. The van der Waals surface area contributed by atoms with Crippen molar-refractivity contribution in [2.75, 3.05) is 24.6 Å². The van der Waals surface area contributed by atoms with Crippen LogP contribution in [0.2, 0.25) is 5.02 Å². The molecular weight excluding hydrogens is 426 g/mol. The number of thiazole rings is 1. The van der Waals surface area contributed by atoms with Gasteiger partial charge >= 0.3 is 0 Å². The highest BCUT2D eigenvalue weighted by Crippen LogP contribution is 2.18. The third-order valence-electron chi connectivity index (χ3n) is 3.14. The summed E-state index contributed by atoms with van der Waals surface area (Å²) in [6, 6.07) is 3.62. The Morgan fingerprint density at radius 2 is 1.96 bits per heavy atom. The Morgan fingerprint density at radius 3 is 2.59 bits per heavy atom. The third kappa shape index (κ3) is 9.32. The summed E-state index contributed by atoms with van der Waals surface area (Å²) in [5, 5.41) is 20.6. The van der Waals surface area contributed by atoms with E-state index in [1.807, 2.05) is 11.4 Å². The minimum Gasteiger partial charge on any atom is -0.366 e. The molecule has 2 aromatic heterocycles. The number of hydrogen-bond donors (Lipinski definition) is 2. The Kier molecular flexibility index (Phi) is 10.4. The molecule has 2 rings (SSSR count). The van der Waals surface area contributed by atoms with Gasteiger partial charge in [0, 0.05) is 53.9 Å². The zero-order chi connectivity index (χ0) is 19.3. The van der Waals surface area contributed by atoms with Gasteiger partial charge in [0.25, 0.3) is 6.20 Å². The number of nitro groups is 1. The van der Waals surface area contributed by atoms with Crippen LogP contribution >= 0.6 is 46.5 Å². The van der Waals surface area contributed by atoms with Gasteiger partial charge in [-0.2, -0.15) is 23.5 Å². The number of nitrogens with zero attached hydrogens (tertiary/aromatic N) is 3. The van der Waals surface area contributed by atoms with Crippen molar-refractivity contribution in [3.05, 3.63) is 67.8 Å². The standard InChI is InChI=1S/C16H20ClN5O2S3/c17-13-2-1-3-18-14(13)11-25-7-4-19-15(10-22(23)24)20-5-8-26-12-16-21-6-9-27-16/h1-3,6,9-10,19-20H,4-5,7-8,11-12H2/b15-10+.